The van der Waals surface area contributed by atoms with Gasteiger partial charge in [0.15, 0.2) is 0 Å². The number of hydrogen-bond donors (Lipinski definition) is 1. The normalized spacial score (nSPS) is 11.9. The lowest BCUT2D eigenvalue weighted by Crippen LogP contribution is -2.41. The van der Waals surface area contributed by atoms with Gasteiger partial charge in [-0.1, -0.05) is 6.07 Å². The zero-order valence-corrected chi connectivity index (χ0v) is 11.5. The summed E-state index contributed by atoms with van der Waals surface area (Å²) in [5.41, 5.74) is 1.16. The number of rotatable bonds is 6. The molecule has 0 saturated carbocycles. The molecule has 1 rings (SSSR count). The molecule has 102 valence electrons. The number of hydrogen-bond acceptors (Lipinski definition) is 4. The molecule has 0 fully saturated rings. The lowest BCUT2D eigenvalue weighted by atomic mass is 10.2. The molecule has 19 heavy (non-hydrogen) atoms. The van der Waals surface area contributed by atoms with Gasteiger partial charge in [0, 0.05) is 19.3 Å². The molecule has 1 aromatic carbocycles. The summed E-state index contributed by atoms with van der Waals surface area (Å²) in [4.78, 5) is 13.9. The standard InChI is InChI=1S/C14H19N3O2/c1-11(17(2)7-8-19-3)14(18)16-13-6-4-5-12(9-13)10-15/h4-6,9,11H,7-8H2,1-3H3,(H,16,18). The third-order valence-corrected chi connectivity index (χ3v) is 2.95. The Kier molecular flexibility index (Phi) is 6.00. The minimum atomic E-state index is -0.263. The van der Waals surface area contributed by atoms with Crippen molar-refractivity contribution >= 4 is 11.6 Å². The van der Waals surface area contributed by atoms with Gasteiger partial charge >= 0.3 is 0 Å². The third kappa shape index (κ3) is 4.70. The average molecular weight is 261 g/mol. The van der Waals surface area contributed by atoms with E-state index in [1.54, 1.807) is 31.4 Å². The molecule has 1 N–H and O–H groups in total. The van der Waals surface area contributed by atoms with Crippen molar-refractivity contribution in [2.75, 3.05) is 32.6 Å². The van der Waals surface area contributed by atoms with Crippen LogP contribution in [0.2, 0.25) is 0 Å². The molecule has 0 heterocycles. The van der Waals surface area contributed by atoms with Gasteiger partial charge in [-0.25, -0.2) is 0 Å². The Bertz CT molecular complexity index is 468. The van der Waals surface area contributed by atoms with Crippen LogP contribution in [0.1, 0.15) is 12.5 Å². The second-order valence-corrected chi connectivity index (χ2v) is 4.33. The fraction of sp³-hybridized carbons (Fsp3) is 0.429. The first-order chi connectivity index (χ1) is 9.08. The number of carbonyl (C=O) groups excluding carboxylic acids is 1. The van der Waals surface area contributed by atoms with Crippen LogP contribution >= 0.6 is 0 Å². The van der Waals surface area contributed by atoms with Gasteiger partial charge in [0.2, 0.25) is 5.91 Å². The predicted octanol–water partition coefficient (Wildman–Crippen LogP) is 1.46. The van der Waals surface area contributed by atoms with Gasteiger partial charge in [-0.15, -0.1) is 0 Å². The maximum absolute atomic E-state index is 12.0. The molecular formula is C14H19N3O2. The van der Waals surface area contributed by atoms with E-state index in [0.717, 1.165) is 0 Å². The van der Waals surface area contributed by atoms with Crippen molar-refractivity contribution in [1.29, 1.82) is 5.26 Å². The van der Waals surface area contributed by atoms with E-state index >= 15 is 0 Å². The molecule has 1 unspecified atom stereocenters. The molecule has 5 nitrogen and oxygen atoms in total. The van der Waals surface area contributed by atoms with Crippen LogP contribution in [-0.2, 0) is 9.53 Å². The van der Waals surface area contributed by atoms with E-state index in [-0.39, 0.29) is 11.9 Å². The summed E-state index contributed by atoms with van der Waals surface area (Å²) in [5.74, 6) is -0.103. The summed E-state index contributed by atoms with van der Waals surface area (Å²) < 4.78 is 4.98. The summed E-state index contributed by atoms with van der Waals surface area (Å²) in [6, 6.07) is 8.64. The molecule has 0 aromatic heterocycles. The van der Waals surface area contributed by atoms with Crippen LogP contribution in [0, 0.1) is 11.3 Å². The molecule has 5 heteroatoms. The first kappa shape index (κ1) is 15.2. The molecule has 0 saturated heterocycles. The van der Waals surface area contributed by atoms with E-state index < -0.39 is 0 Å². The van der Waals surface area contributed by atoms with Crippen molar-refractivity contribution in [2.45, 2.75) is 13.0 Å². The number of nitrogens with one attached hydrogen (secondary N) is 1. The minimum absolute atomic E-state index is 0.103. The SMILES string of the molecule is COCCN(C)C(C)C(=O)Nc1cccc(C#N)c1. The summed E-state index contributed by atoms with van der Waals surface area (Å²) in [7, 11) is 3.50. The van der Waals surface area contributed by atoms with E-state index in [0.29, 0.717) is 24.4 Å². The zero-order valence-electron chi connectivity index (χ0n) is 11.5. The van der Waals surface area contributed by atoms with Crippen LogP contribution in [0.25, 0.3) is 0 Å². The summed E-state index contributed by atoms with van der Waals surface area (Å²) >= 11 is 0. The average Bonchev–Trinajstić information content (AvgIpc) is 2.43. The molecule has 0 aliphatic heterocycles. The molecular weight excluding hydrogens is 242 g/mol. The number of nitrogens with zero attached hydrogens (tertiary/aromatic N) is 2. The second-order valence-electron chi connectivity index (χ2n) is 4.33. The van der Waals surface area contributed by atoms with Crippen LogP contribution in [-0.4, -0.2) is 44.2 Å². The van der Waals surface area contributed by atoms with Gasteiger partial charge in [-0.3, -0.25) is 9.69 Å². The predicted molar refractivity (Wildman–Crippen MR) is 73.8 cm³/mol. The zero-order chi connectivity index (χ0) is 14.3. The monoisotopic (exact) mass is 261 g/mol. The quantitative estimate of drug-likeness (QED) is 0.842. The molecule has 0 bridgehead atoms. The lowest BCUT2D eigenvalue weighted by molar-refractivity contribution is -0.120. The van der Waals surface area contributed by atoms with E-state index in [1.807, 2.05) is 24.9 Å². The number of methoxy groups -OCH3 is 1. The van der Waals surface area contributed by atoms with Crippen molar-refractivity contribution in [3.8, 4) is 6.07 Å². The Balaban J connectivity index is 2.60. The number of anilines is 1. The molecule has 0 radical (unpaired) electrons. The van der Waals surface area contributed by atoms with Crippen molar-refractivity contribution in [3.63, 3.8) is 0 Å². The van der Waals surface area contributed by atoms with Crippen LogP contribution in [0.5, 0.6) is 0 Å². The maximum Gasteiger partial charge on any atom is 0.241 e. The topological polar surface area (TPSA) is 65.4 Å². The third-order valence-electron chi connectivity index (χ3n) is 2.95. The summed E-state index contributed by atoms with van der Waals surface area (Å²) in [6.45, 7) is 3.10. The Labute approximate surface area is 113 Å². The molecule has 0 spiro atoms. The Morgan fingerprint density at radius 1 is 1.58 bits per heavy atom. The smallest absolute Gasteiger partial charge is 0.241 e. The van der Waals surface area contributed by atoms with Gasteiger partial charge < -0.3 is 10.1 Å². The second kappa shape index (κ2) is 7.52. The van der Waals surface area contributed by atoms with Crippen molar-refractivity contribution < 1.29 is 9.53 Å². The van der Waals surface area contributed by atoms with Crippen molar-refractivity contribution in [1.82, 2.24) is 4.90 Å². The van der Waals surface area contributed by atoms with E-state index in [9.17, 15) is 4.79 Å². The Morgan fingerprint density at radius 2 is 2.32 bits per heavy atom. The largest absolute Gasteiger partial charge is 0.383 e. The number of benzene rings is 1. The summed E-state index contributed by atoms with van der Waals surface area (Å²) in [5, 5.41) is 11.6. The van der Waals surface area contributed by atoms with Gasteiger partial charge in [-0.2, -0.15) is 5.26 Å². The minimum Gasteiger partial charge on any atom is -0.383 e. The maximum atomic E-state index is 12.0. The molecule has 1 atom stereocenters. The van der Waals surface area contributed by atoms with Gasteiger partial charge in [0.05, 0.1) is 24.3 Å². The van der Waals surface area contributed by atoms with Crippen LogP contribution < -0.4 is 5.32 Å². The van der Waals surface area contributed by atoms with Gasteiger partial charge in [0.25, 0.3) is 0 Å². The fourth-order valence-corrected chi connectivity index (χ4v) is 1.54. The number of nitriles is 1. The van der Waals surface area contributed by atoms with Crippen molar-refractivity contribution in [2.24, 2.45) is 0 Å². The Morgan fingerprint density at radius 3 is 2.95 bits per heavy atom. The molecule has 1 aromatic rings. The van der Waals surface area contributed by atoms with Gasteiger partial charge in [0.1, 0.15) is 0 Å². The Hall–Kier alpha value is -1.90. The van der Waals surface area contributed by atoms with Crippen LogP contribution in [0.15, 0.2) is 24.3 Å². The van der Waals surface area contributed by atoms with E-state index in [2.05, 4.69) is 5.32 Å². The highest BCUT2D eigenvalue weighted by Crippen LogP contribution is 2.10. The number of ether oxygens (including phenoxy) is 1. The molecule has 1 amide bonds. The summed E-state index contributed by atoms with van der Waals surface area (Å²) in [6.07, 6.45) is 0. The van der Waals surface area contributed by atoms with Crippen LogP contribution in [0.4, 0.5) is 5.69 Å². The van der Waals surface area contributed by atoms with Crippen LogP contribution in [0.3, 0.4) is 0 Å². The highest BCUT2D eigenvalue weighted by molar-refractivity contribution is 5.94. The highest BCUT2D eigenvalue weighted by Gasteiger charge is 2.17. The van der Waals surface area contributed by atoms with E-state index in [4.69, 9.17) is 10.00 Å². The van der Waals surface area contributed by atoms with E-state index in [1.165, 1.54) is 0 Å². The number of amides is 1. The lowest BCUT2D eigenvalue weighted by Gasteiger charge is -2.23. The van der Waals surface area contributed by atoms with Gasteiger partial charge in [-0.05, 0) is 32.2 Å². The molecule has 0 aliphatic carbocycles. The van der Waals surface area contributed by atoms with Crippen molar-refractivity contribution in [3.05, 3.63) is 29.8 Å². The first-order valence-electron chi connectivity index (χ1n) is 6.08. The highest BCUT2D eigenvalue weighted by atomic mass is 16.5. The number of likely N-dealkylation sites (N-methyl/N-ethyl adjacent to an activating group) is 1. The fourth-order valence-electron chi connectivity index (χ4n) is 1.54. The number of carbonyl (C=O) groups is 1. The molecule has 0 aliphatic rings. The first-order valence-corrected chi connectivity index (χ1v) is 6.08.